The number of hydrogen-bond donors (Lipinski definition) is 2. The van der Waals surface area contributed by atoms with Gasteiger partial charge in [0.05, 0.1) is 11.4 Å². The van der Waals surface area contributed by atoms with E-state index in [0.29, 0.717) is 24.2 Å². The van der Waals surface area contributed by atoms with E-state index < -0.39 is 11.6 Å². The minimum atomic E-state index is -0.560. The topological polar surface area (TPSA) is 55.9 Å². The molecule has 0 fully saturated rings. The molecule has 0 amide bonds. The summed E-state index contributed by atoms with van der Waals surface area (Å²) in [6, 6.07) is 3.53. The number of aromatic nitrogens is 2. The van der Waals surface area contributed by atoms with Crippen molar-refractivity contribution in [3.05, 3.63) is 41.1 Å². The van der Waals surface area contributed by atoms with E-state index >= 15 is 0 Å². The van der Waals surface area contributed by atoms with Crippen molar-refractivity contribution in [2.45, 2.75) is 26.2 Å². The molecule has 0 aliphatic heterocycles. The highest BCUT2D eigenvalue weighted by molar-refractivity contribution is 5.65. The summed E-state index contributed by atoms with van der Waals surface area (Å²) < 4.78 is 27.9. The molecule has 114 valence electrons. The van der Waals surface area contributed by atoms with Gasteiger partial charge < -0.3 is 11.1 Å². The Morgan fingerprint density at radius 2 is 1.86 bits per heavy atom. The van der Waals surface area contributed by atoms with Crippen molar-refractivity contribution in [3.8, 4) is 0 Å². The van der Waals surface area contributed by atoms with Crippen LogP contribution in [0.15, 0.2) is 18.2 Å². The molecule has 0 bridgehead atoms. The molecule has 0 aliphatic carbocycles. The van der Waals surface area contributed by atoms with Gasteiger partial charge >= 0.3 is 0 Å². The van der Waals surface area contributed by atoms with Crippen LogP contribution < -0.4 is 11.1 Å². The Kier molecular flexibility index (Phi) is 4.77. The smallest absolute Gasteiger partial charge is 0.147 e. The largest absolute Gasteiger partial charge is 0.394 e. The Bertz CT molecular complexity index is 602. The zero-order valence-corrected chi connectivity index (χ0v) is 12.3. The zero-order chi connectivity index (χ0) is 15.4. The number of hydrogen-bond acceptors (Lipinski definition) is 3. The van der Waals surface area contributed by atoms with Gasteiger partial charge in [0.15, 0.2) is 0 Å². The summed E-state index contributed by atoms with van der Waals surface area (Å²) >= 11 is 0. The fourth-order valence-electron chi connectivity index (χ4n) is 2.31. The number of halogens is 2. The minimum Gasteiger partial charge on any atom is -0.394 e. The molecule has 2 rings (SSSR count). The van der Waals surface area contributed by atoms with Crippen LogP contribution in [0, 0.1) is 11.6 Å². The highest BCUT2D eigenvalue weighted by Crippen LogP contribution is 2.23. The Hall–Kier alpha value is -2.11. The van der Waals surface area contributed by atoms with Crippen molar-refractivity contribution in [1.82, 2.24) is 9.78 Å². The third-order valence-corrected chi connectivity index (χ3v) is 3.28. The number of nitrogen functional groups attached to an aromatic ring is 1. The molecule has 0 radical (unpaired) electrons. The molecule has 4 nitrogen and oxygen atoms in total. The molecule has 1 heterocycles. The van der Waals surface area contributed by atoms with Crippen molar-refractivity contribution in [2.75, 3.05) is 17.6 Å². The standard InChI is InChI=1S/C15H20F2N4/c1-3-4-13-14(18)15(21(2)20-13)19-6-5-10-7-11(16)9-12(17)8-10/h7-9,19H,3-6,18H2,1-2H3. The maximum atomic E-state index is 13.1. The molecule has 3 N–H and O–H groups in total. The summed E-state index contributed by atoms with van der Waals surface area (Å²) in [4.78, 5) is 0. The maximum absolute atomic E-state index is 13.1. The molecule has 0 saturated carbocycles. The Morgan fingerprint density at radius 3 is 2.48 bits per heavy atom. The second kappa shape index (κ2) is 6.56. The van der Waals surface area contributed by atoms with Gasteiger partial charge in [0.25, 0.3) is 0 Å². The monoisotopic (exact) mass is 294 g/mol. The van der Waals surface area contributed by atoms with E-state index in [1.807, 2.05) is 7.05 Å². The van der Waals surface area contributed by atoms with Gasteiger partial charge in [0, 0.05) is 19.7 Å². The van der Waals surface area contributed by atoms with Crippen molar-refractivity contribution in [2.24, 2.45) is 7.05 Å². The first-order valence-corrected chi connectivity index (χ1v) is 7.01. The molecule has 0 aliphatic rings. The van der Waals surface area contributed by atoms with E-state index in [-0.39, 0.29) is 0 Å². The number of nitrogens with two attached hydrogens (primary N) is 1. The number of anilines is 2. The molecule has 21 heavy (non-hydrogen) atoms. The maximum Gasteiger partial charge on any atom is 0.147 e. The van der Waals surface area contributed by atoms with E-state index in [0.717, 1.165) is 30.4 Å². The molecule has 0 spiro atoms. The average molecular weight is 294 g/mol. The second-order valence-electron chi connectivity index (χ2n) is 5.04. The lowest BCUT2D eigenvalue weighted by atomic mass is 10.1. The van der Waals surface area contributed by atoms with Crippen molar-refractivity contribution >= 4 is 11.5 Å². The summed E-state index contributed by atoms with van der Waals surface area (Å²) in [7, 11) is 1.82. The lowest BCUT2D eigenvalue weighted by Crippen LogP contribution is -2.10. The van der Waals surface area contributed by atoms with Crippen LogP contribution in [0.25, 0.3) is 0 Å². The van der Waals surface area contributed by atoms with Crippen molar-refractivity contribution < 1.29 is 8.78 Å². The second-order valence-corrected chi connectivity index (χ2v) is 5.04. The lowest BCUT2D eigenvalue weighted by Gasteiger charge is -2.08. The molecule has 1 aromatic carbocycles. The lowest BCUT2D eigenvalue weighted by molar-refractivity contribution is 0.580. The van der Waals surface area contributed by atoms with Crippen LogP contribution in [0.2, 0.25) is 0 Å². The zero-order valence-electron chi connectivity index (χ0n) is 12.3. The summed E-state index contributed by atoms with van der Waals surface area (Å²) in [5.41, 5.74) is 8.18. The fourth-order valence-corrected chi connectivity index (χ4v) is 2.31. The predicted octanol–water partition coefficient (Wildman–Crippen LogP) is 2.89. The van der Waals surface area contributed by atoms with Crippen LogP contribution in [0.1, 0.15) is 24.6 Å². The highest BCUT2D eigenvalue weighted by Gasteiger charge is 2.12. The molecule has 1 aromatic heterocycles. The first-order chi connectivity index (χ1) is 10.0. The van der Waals surface area contributed by atoms with Gasteiger partial charge in [0.2, 0.25) is 0 Å². The molecular weight excluding hydrogens is 274 g/mol. The SMILES string of the molecule is CCCc1nn(C)c(NCCc2cc(F)cc(F)c2)c1N. The van der Waals surface area contributed by atoms with E-state index in [1.54, 1.807) is 4.68 Å². The number of rotatable bonds is 6. The van der Waals surface area contributed by atoms with Gasteiger partial charge in [-0.1, -0.05) is 13.3 Å². The quantitative estimate of drug-likeness (QED) is 0.861. The molecule has 0 atom stereocenters. The predicted molar refractivity (Wildman–Crippen MR) is 80.2 cm³/mol. The van der Waals surface area contributed by atoms with Gasteiger partial charge in [-0.25, -0.2) is 8.78 Å². The Labute approximate surface area is 123 Å². The van der Waals surface area contributed by atoms with Crippen LogP contribution in [0.3, 0.4) is 0 Å². The Balaban J connectivity index is 2.00. The third-order valence-electron chi connectivity index (χ3n) is 3.28. The van der Waals surface area contributed by atoms with E-state index in [1.165, 1.54) is 12.1 Å². The molecule has 0 unspecified atom stereocenters. The molecule has 6 heteroatoms. The van der Waals surface area contributed by atoms with Gasteiger partial charge in [-0.05, 0) is 30.5 Å². The van der Waals surface area contributed by atoms with E-state index in [2.05, 4.69) is 17.3 Å². The van der Waals surface area contributed by atoms with E-state index in [4.69, 9.17) is 5.73 Å². The number of aryl methyl sites for hydroxylation is 2. The number of benzene rings is 1. The van der Waals surface area contributed by atoms with Crippen molar-refractivity contribution in [1.29, 1.82) is 0 Å². The summed E-state index contributed by atoms with van der Waals surface area (Å²) in [6.07, 6.45) is 2.31. The minimum absolute atomic E-state index is 0.502. The van der Waals surface area contributed by atoms with Crippen LogP contribution in [0.4, 0.5) is 20.3 Å². The number of nitrogens with zero attached hydrogens (tertiary/aromatic N) is 2. The fraction of sp³-hybridized carbons (Fsp3) is 0.400. The Morgan fingerprint density at radius 1 is 1.19 bits per heavy atom. The normalized spacial score (nSPS) is 10.9. The van der Waals surface area contributed by atoms with Gasteiger partial charge in [-0.15, -0.1) is 0 Å². The summed E-state index contributed by atoms with van der Waals surface area (Å²) in [5, 5.41) is 7.54. The first-order valence-electron chi connectivity index (χ1n) is 7.01. The highest BCUT2D eigenvalue weighted by atomic mass is 19.1. The van der Waals surface area contributed by atoms with Crippen molar-refractivity contribution in [3.63, 3.8) is 0 Å². The molecular formula is C15H20F2N4. The molecule has 2 aromatic rings. The third kappa shape index (κ3) is 3.71. The van der Waals surface area contributed by atoms with Crippen LogP contribution in [-0.2, 0) is 19.9 Å². The van der Waals surface area contributed by atoms with Gasteiger partial charge in [-0.2, -0.15) is 5.10 Å². The summed E-state index contributed by atoms with van der Waals surface area (Å²) in [6.45, 7) is 2.60. The van der Waals surface area contributed by atoms with Gasteiger partial charge in [0.1, 0.15) is 17.5 Å². The van der Waals surface area contributed by atoms with Crippen LogP contribution in [-0.4, -0.2) is 16.3 Å². The summed E-state index contributed by atoms with van der Waals surface area (Å²) in [5.74, 6) is -0.374. The van der Waals surface area contributed by atoms with E-state index in [9.17, 15) is 8.78 Å². The van der Waals surface area contributed by atoms with Crippen LogP contribution in [0.5, 0.6) is 0 Å². The first kappa shape index (κ1) is 15.3. The van der Waals surface area contributed by atoms with Crippen LogP contribution >= 0.6 is 0 Å². The average Bonchev–Trinajstić information content (AvgIpc) is 2.65. The van der Waals surface area contributed by atoms with Gasteiger partial charge in [-0.3, -0.25) is 4.68 Å². The number of nitrogens with one attached hydrogen (secondary N) is 1. The molecule has 0 saturated heterocycles.